The first-order valence-corrected chi connectivity index (χ1v) is 8.57. The van der Waals surface area contributed by atoms with Crippen LogP contribution in [-0.4, -0.2) is 59.0 Å². The summed E-state index contributed by atoms with van der Waals surface area (Å²) >= 11 is 3.84. The number of thioether (sulfide) groups is 2. The van der Waals surface area contributed by atoms with E-state index >= 15 is 0 Å². The Kier molecular flexibility index (Phi) is 5.50. The van der Waals surface area contributed by atoms with E-state index in [1.165, 1.54) is 12.8 Å². The fourth-order valence-corrected chi connectivity index (χ4v) is 4.43. The van der Waals surface area contributed by atoms with Crippen LogP contribution >= 0.6 is 23.5 Å². The smallest absolute Gasteiger partial charge is 0.232 e. The van der Waals surface area contributed by atoms with Gasteiger partial charge in [0.05, 0.1) is 5.75 Å². The topological polar surface area (TPSA) is 32.3 Å². The number of amides is 1. The molecule has 0 aromatic carbocycles. The van der Waals surface area contributed by atoms with Crippen molar-refractivity contribution in [3.63, 3.8) is 0 Å². The predicted octanol–water partition coefficient (Wildman–Crippen LogP) is 1.44. The Labute approximate surface area is 112 Å². The average molecular weight is 274 g/mol. The fraction of sp³-hybridized carbons (Fsp3) is 0.917. The zero-order chi connectivity index (χ0) is 12.1. The summed E-state index contributed by atoms with van der Waals surface area (Å²) in [5, 5.41) is 4.66. The van der Waals surface area contributed by atoms with Gasteiger partial charge in [-0.05, 0) is 25.9 Å². The van der Waals surface area contributed by atoms with E-state index in [4.69, 9.17) is 0 Å². The molecule has 0 aromatic heterocycles. The Bertz CT molecular complexity index is 257. The minimum absolute atomic E-state index is 0.348. The van der Waals surface area contributed by atoms with Crippen LogP contribution in [0.25, 0.3) is 0 Å². The van der Waals surface area contributed by atoms with Crippen molar-refractivity contribution in [2.45, 2.75) is 30.3 Å². The second kappa shape index (κ2) is 6.90. The number of nitrogens with zero attached hydrogens (tertiary/aromatic N) is 1. The van der Waals surface area contributed by atoms with Gasteiger partial charge in [-0.15, -0.1) is 11.8 Å². The molecule has 1 atom stereocenters. The van der Waals surface area contributed by atoms with E-state index in [1.54, 1.807) is 0 Å². The van der Waals surface area contributed by atoms with Gasteiger partial charge in [-0.3, -0.25) is 4.79 Å². The number of rotatable bonds is 3. The molecule has 5 heteroatoms. The van der Waals surface area contributed by atoms with Crippen LogP contribution in [0.4, 0.5) is 0 Å². The molecule has 1 N–H and O–H groups in total. The zero-order valence-electron chi connectivity index (χ0n) is 10.5. The quantitative estimate of drug-likeness (QED) is 0.844. The molecular formula is C12H22N2OS2. The molecule has 2 fully saturated rings. The Balaban J connectivity index is 1.69. The van der Waals surface area contributed by atoms with Crippen LogP contribution in [0.3, 0.4) is 0 Å². The Morgan fingerprint density at radius 2 is 2.24 bits per heavy atom. The fourth-order valence-electron chi connectivity index (χ4n) is 2.29. The van der Waals surface area contributed by atoms with Gasteiger partial charge in [0.15, 0.2) is 0 Å². The number of carbonyl (C=O) groups is 1. The number of nitrogens with one attached hydrogen (secondary N) is 1. The summed E-state index contributed by atoms with van der Waals surface area (Å²) < 4.78 is 0. The maximum absolute atomic E-state index is 12.1. The van der Waals surface area contributed by atoms with Crippen molar-refractivity contribution in [3.05, 3.63) is 0 Å². The first kappa shape index (κ1) is 13.6. The van der Waals surface area contributed by atoms with Crippen LogP contribution in [-0.2, 0) is 4.79 Å². The highest BCUT2D eigenvalue weighted by atomic mass is 32.2. The van der Waals surface area contributed by atoms with E-state index in [2.05, 4.69) is 17.1 Å². The van der Waals surface area contributed by atoms with Crippen LogP contribution in [0.2, 0.25) is 0 Å². The molecule has 0 bridgehead atoms. The van der Waals surface area contributed by atoms with Crippen LogP contribution < -0.4 is 5.32 Å². The van der Waals surface area contributed by atoms with Crippen molar-refractivity contribution in [2.24, 2.45) is 0 Å². The number of hydrogen-bond donors (Lipinski definition) is 1. The summed E-state index contributed by atoms with van der Waals surface area (Å²) in [6, 6.07) is 0. The van der Waals surface area contributed by atoms with Gasteiger partial charge >= 0.3 is 0 Å². The van der Waals surface area contributed by atoms with Crippen molar-refractivity contribution in [1.29, 1.82) is 0 Å². The molecule has 0 radical (unpaired) electrons. The number of piperidine rings is 1. The summed E-state index contributed by atoms with van der Waals surface area (Å²) in [4.78, 5) is 14.1. The van der Waals surface area contributed by atoms with Gasteiger partial charge in [-0.1, -0.05) is 6.92 Å². The molecule has 2 aliphatic rings. The molecule has 17 heavy (non-hydrogen) atoms. The minimum atomic E-state index is 0.348. The maximum atomic E-state index is 12.1. The van der Waals surface area contributed by atoms with Crippen LogP contribution in [0.15, 0.2) is 0 Å². The largest absolute Gasteiger partial charge is 0.340 e. The van der Waals surface area contributed by atoms with Crippen molar-refractivity contribution in [1.82, 2.24) is 10.2 Å². The van der Waals surface area contributed by atoms with E-state index in [0.717, 1.165) is 31.9 Å². The monoisotopic (exact) mass is 274 g/mol. The average Bonchev–Trinajstić information content (AvgIpc) is 2.37. The molecule has 0 aliphatic carbocycles. The van der Waals surface area contributed by atoms with Crippen molar-refractivity contribution >= 4 is 29.4 Å². The third kappa shape index (κ3) is 4.38. The lowest BCUT2D eigenvalue weighted by Gasteiger charge is -2.31. The zero-order valence-corrected chi connectivity index (χ0v) is 12.1. The Morgan fingerprint density at radius 3 is 2.94 bits per heavy atom. The highest BCUT2D eigenvalue weighted by Crippen LogP contribution is 2.22. The molecule has 2 heterocycles. The third-order valence-corrected chi connectivity index (χ3v) is 5.82. The highest BCUT2D eigenvalue weighted by molar-refractivity contribution is 8.00. The van der Waals surface area contributed by atoms with Crippen molar-refractivity contribution in [3.8, 4) is 0 Å². The van der Waals surface area contributed by atoms with Gasteiger partial charge in [-0.25, -0.2) is 0 Å². The summed E-state index contributed by atoms with van der Waals surface area (Å²) in [6.07, 6.45) is 2.43. The van der Waals surface area contributed by atoms with Crippen LogP contribution in [0.1, 0.15) is 19.8 Å². The second-order valence-electron chi connectivity index (χ2n) is 4.78. The lowest BCUT2D eigenvalue weighted by atomic mass is 10.2. The Hall–Kier alpha value is 0.130. The minimum Gasteiger partial charge on any atom is -0.340 e. The van der Waals surface area contributed by atoms with Gasteiger partial charge < -0.3 is 10.2 Å². The molecule has 1 amide bonds. The molecule has 2 aliphatic heterocycles. The molecule has 98 valence electrons. The SMILES string of the molecule is CC1CN(C(=O)CSC2CCNCC2)CCS1. The Morgan fingerprint density at radius 1 is 1.47 bits per heavy atom. The van der Waals surface area contributed by atoms with Crippen molar-refractivity contribution < 1.29 is 4.79 Å². The number of hydrogen-bond acceptors (Lipinski definition) is 4. The standard InChI is InChI=1S/C12H22N2OS2/c1-10-8-14(6-7-16-10)12(15)9-17-11-2-4-13-5-3-11/h10-11,13H,2-9H2,1H3. The second-order valence-corrected chi connectivity index (χ2v) is 7.62. The van der Waals surface area contributed by atoms with E-state index in [0.29, 0.717) is 22.2 Å². The van der Waals surface area contributed by atoms with E-state index in [9.17, 15) is 4.79 Å². The van der Waals surface area contributed by atoms with E-state index < -0.39 is 0 Å². The lowest BCUT2D eigenvalue weighted by molar-refractivity contribution is -0.128. The predicted molar refractivity (Wildman–Crippen MR) is 76.8 cm³/mol. The molecule has 3 nitrogen and oxygen atoms in total. The first-order valence-electron chi connectivity index (χ1n) is 6.47. The first-order chi connectivity index (χ1) is 8.25. The van der Waals surface area contributed by atoms with Gasteiger partial charge in [0.2, 0.25) is 5.91 Å². The normalized spacial score (nSPS) is 27.1. The lowest BCUT2D eigenvalue weighted by Crippen LogP contribution is -2.42. The van der Waals surface area contributed by atoms with Crippen LogP contribution in [0, 0.1) is 0 Å². The molecule has 0 aromatic rings. The molecule has 0 spiro atoms. The molecule has 0 saturated carbocycles. The van der Waals surface area contributed by atoms with Gasteiger partial charge in [0.1, 0.15) is 0 Å². The van der Waals surface area contributed by atoms with E-state index in [-0.39, 0.29) is 0 Å². The summed E-state index contributed by atoms with van der Waals surface area (Å²) in [6.45, 7) is 6.33. The summed E-state index contributed by atoms with van der Waals surface area (Å²) in [5.74, 6) is 2.13. The molecule has 2 rings (SSSR count). The molecular weight excluding hydrogens is 252 g/mol. The van der Waals surface area contributed by atoms with Gasteiger partial charge in [-0.2, -0.15) is 11.8 Å². The molecule has 2 saturated heterocycles. The van der Waals surface area contributed by atoms with Gasteiger partial charge in [0.25, 0.3) is 0 Å². The van der Waals surface area contributed by atoms with E-state index in [1.807, 2.05) is 23.5 Å². The highest BCUT2D eigenvalue weighted by Gasteiger charge is 2.22. The summed E-state index contributed by atoms with van der Waals surface area (Å²) in [5.41, 5.74) is 0. The summed E-state index contributed by atoms with van der Waals surface area (Å²) in [7, 11) is 0. The van der Waals surface area contributed by atoms with Crippen molar-refractivity contribution in [2.75, 3.05) is 37.7 Å². The van der Waals surface area contributed by atoms with Crippen LogP contribution in [0.5, 0.6) is 0 Å². The molecule has 1 unspecified atom stereocenters. The maximum Gasteiger partial charge on any atom is 0.232 e. The number of carbonyl (C=O) groups excluding carboxylic acids is 1. The third-order valence-electron chi connectivity index (χ3n) is 3.32. The van der Waals surface area contributed by atoms with Gasteiger partial charge in [0, 0.05) is 29.3 Å².